The summed E-state index contributed by atoms with van der Waals surface area (Å²) in [5.41, 5.74) is 7.72. The standard InChI is InChI=1S/C45H28N4OS/c1-3-10-27(11-4-1)43-46-44(28-12-5-2-6-13-28)48-45(47-43)31-20-23-41-35(26-31)34-25-30(19-22-40(34)51-41)29-18-21-36-33(24-29)32-14-9-17-39-42(32)49(36)37-15-7-8-16-38(37)50-39/h1-19,21-26,31H,20H2. The Kier molecular flexibility index (Phi) is 6.18. The van der Waals surface area contributed by atoms with Crippen molar-refractivity contribution in [3.63, 3.8) is 0 Å². The molecule has 6 aromatic carbocycles. The van der Waals surface area contributed by atoms with E-state index in [9.17, 15) is 0 Å². The van der Waals surface area contributed by atoms with Crippen molar-refractivity contribution in [1.82, 2.24) is 19.5 Å². The van der Waals surface area contributed by atoms with Gasteiger partial charge >= 0.3 is 0 Å². The second-order valence-corrected chi connectivity index (χ2v) is 14.3. The molecule has 0 saturated heterocycles. The van der Waals surface area contributed by atoms with Crippen LogP contribution in [0, 0.1) is 0 Å². The predicted molar refractivity (Wildman–Crippen MR) is 208 cm³/mol. The highest BCUT2D eigenvalue weighted by Crippen LogP contribution is 2.45. The molecular formula is C45H28N4OS. The number of ether oxygens (including phenoxy) is 1. The van der Waals surface area contributed by atoms with E-state index in [4.69, 9.17) is 19.7 Å². The lowest BCUT2D eigenvalue weighted by Gasteiger charge is -2.20. The molecule has 1 unspecified atom stereocenters. The molecule has 0 saturated carbocycles. The molecule has 2 aliphatic rings. The second kappa shape index (κ2) is 11.1. The van der Waals surface area contributed by atoms with Crippen LogP contribution in [0.15, 0.2) is 140 Å². The summed E-state index contributed by atoms with van der Waals surface area (Å²) in [5, 5.41) is 4.94. The first-order valence-electron chi connectivity index (χ1n) is 17.2. The Balaban J connectivity index is 1.04. The number of rotatable bonds is 4. The molecule has 1 atom stereocenters. The Labute approximate surface area is 297 Å². The van der Waals surface area contributed by atoms with Gasteiger partial charge in [-0.05, 0) is 65.2 Å². The molecule has 0 spiro atoms. The average molecular weight is 673 g/mol. The van der Waals surface area contributed by atoms with Gasteiger partial charge in [-0.1, -0.05) is 109 Å². The normalized spacial score (nSPS) is 14.5. The summed E-state index contributed by atoms with van der Waals surface area (Å²) in [6.07, 6.45) is 5.58. The molecule has 1 aliphatic carbocycles. The Morgan fingerprint density at radius 3 is 2.06 bits per heavy atom. The van der Waals surface area contributed by atoms with Crippen LogP contribution in [0.3, 0.4) is 0 Å². The number of thiophene rings is 1. The zero-order valence-electron chi connectivity index (χ0n) is 27.3. The number of hydrogen-bond acceptors (Lipinski definition) is 5. The van der Waals surface area contributed by atoms with Gasteiger partial charge in [0.2, 0.25) is 0 Å². The van der Waals surface area contributed by atoms with Crippen LogP contribution < -0.4 is 14.5 Å². The molecule has 0 amide bonds. The lowest BCUT2D eigenvalue weighted by molar-refractivity contribution is 0.476. The molecule has 0 radical (unpaired) electrons. The van der Waals surface area contributed by atoms with Gasteiger partial charge in [0.05, 0.1) is 16.7 Å². The lowest BCUT2D eigenvalue weighted by Crippen LogP contribution is -2.24. The van der Waals surface area contributed by atoms with Crippen molar-refractivity contribution in [2.45, 2.75) is 12.3 Å². The van der Waals surface area contributed by atoms with Crippen molar-refractivity contribution in [1.29, 1.82) is 0 Å². The van der Waals surface area contributed by atoms with Crippen molar-refractivity contribution in [3.05, 3.63) is 155 Å². The summed E-state index contributed by atoms with van der Waals surface area (Å²) < 4.78 is 11.3. The number of para-hydroxylation sites is 3. The molecule has 1 aliphatic heterocycles. The number of aromatic nitrogens is 4. The van der Waals surface area contributed by atoms with Gasteiger partial charge in [-0.15, -0.1) is 11.3 Å². The maximum atomic E-state index is 6.35. The third-order valence-corrected chi connectivity index (χ3v) is 11.3. The highest BCUT2D eigenvalue weighted by Gasteiger charge is 2.24. The summed E-state index contributed by atoms with van der Waals surface area (Å²) in [7, 11) is 0. The van der Waals surface area contributed by atoms with Crippen LogP contribution in [-0.4, -0.2) is 19.5 Å². The summed E-state index contributed by atoms with van der Waals surface area (Å²) in [6.45, 7) is 0. The van der Waals surface area contributed by atoms with E-state index >= 15 is 0 Å². The average Bonchev–Trinajstić information content (AvgIpc) is 3.74. The van der Waals surface area contributed by atoms with Gasteiger partial charge < -0.3 is 9.30 Å². The fraction of sp³-hybridized carbons (Fsp3) is 0.0444. The SMILES string of the molecule is C1=c2sc3ccc(-c4ccc5c(c4)c4cccc6c4n5-c4ccccc4O6)cc3c2=CC(c2nc(-c3ccccc3)nc(-c3ccccc3)n2)C1. The van der Waals surface area contributed by atoms with Crippen LogP contribution in [0.5, 0.6) is 11.5 Å². The van der Waals surface area contributed by atoms with Gasteiger partial charge in [-0.2, -0.15) is 0 Å². The quantitative estimate of drug-likeness (QED) is 0.187. The Morgan fingerprint density at radius 1 is 0.588 bits per heavy atom. The molecule has 3 aromatic heterocycles. The Bertz CT molecular complexity index is 2930. The fourth-order valence-corrected chi connectivity index (χ4v) is 8.83. The van der Waals surface area contributed by atoms with Crippen molar-refractivity contribution in [2.24, 2.45) is 0 Å². The molecule has 11 rings (SSSR count). The van der Waals surface area contributed by atoms with Crippen LogP contribution in [-0.2, 0) is 0 Å². The minimum absolute atomic E-state index is 0.0307. The molecule has 240 valence electrons. The van der Waals surface area contributed by atoms with Crippen LogP contribution in [0.25, 0.3) is 83.6 Å². The molecule has 9 aromatic rings. The summed E-state index contributed by atoms with van der Waals surface area (Å²) in [6, 6.07) is 48.8. The monoisotopic (exact) mass is 672 g/mol. The minimum Gasteiger partial charge on any atom is -0.453 e. The molecule has 4 heterocycles. The smallest absolute Gasteiger partial charge is 0.163 e. The molecule has 5 nitrogen and oxygen atoms in total. The number of hydrogen-bond donors (Lipinski definition) is 0. The maximum absolute atomic E-state index is 6.35. The van der Waals surface area contributed by atoms with Crippen LogP contribution >= 0.6 is 11.3 Å². The fourth-order valence-electron chi connectivity index (χ4n) is 7.71. The van der Waals surface area contributed by atoms with E-state index in [0.717, 1.165) is 46.1 Å². The van der Waals surface area contributed by atoms with Crippen LogP contribution in [0.2, 0.25) is 0 Å². The van der Waals surface area contributed by atoms with E-state index in [0.29, 0.717) is 11.6 Å². The van der Waals surface area contributed by atoms with Gasteiger partial charge in [-0.25, -0.2) is 15.0 Å². The van der Waals surface area contributed by atoms with E-state index in [1.54, 1.807) is 0 Å². The maximum Gasteiger partial charge on any atom is 0.163 e. The largest absolute Gasteiger partial charge is 0.453 e. The highest BCUT2D eigenvalue weighted by atomic mass is 32.1. The van der Waals surface area contributed by atoms with Crippen LogP contribution in [0.4, 0.5) is 0 Å². The number of fused-ring (bicyclic) bond motifs is 8. The summed E-state index contributed by atoms with van der Waals surface area (Å²) >= 11 is 1.86. The summed E-state index contributed by atoms with van der Waals surface area (Å²) in [4.78, 5) is 15.0. The summed E-state index contributed by atoms with van der Waals surface area (Å²) in [5.74, 6) is 3.99. The molecular weight excluding hydrogens is 645 g/mol. The molecule has 0 fully saturated rings. The van der Waals surface area contributed by atoms with E-state index in [-0.39, 0.29) is 5.92 Å². The van der Waals surface area contributed by atoms with E-state index in [1.807, 2.05) is 59.9 Å². The van der Waals surface area contributed by atoms with Crippen molar-refractivity contribution >= 4 is 55.4 Å². The zero-order valence-corrected chi connectivity index (χ0v) is 28.1. The van der Waals surface area contributed by atoms with Gasteiger partial charge in [-0.3, -0.25) is 0 Å². The first-order valence-corrected chi connectivity index (χ1v) is 18.0. The number of nitrogens with zero attached hydrogens (tertiary/aromatic N) is 4. The second-order valence-electron chi connectivity index (χ2n) is 13.2. The van der Waals surface area contributed by atoms with Gasteiger partial charge in [0, 0.05) is 42.4 Å². The van der Waals surface area contributed by atoms with Gasteiger partial charge in [0.25, 0.3) is 0 Å². The Hall–Kier alpha value is -6.37. The number of benzene rings is 6. The van der Waals surface area contributed by atoms with E-state index < -0.39 is 0 Å². The van der Waals surface area contributed by atoms with Gasteiger partial charge in [0.15, 0.2) is 23.1 Å². The van der Waals surface area contributed by atoms with E-state index in [1.165, 1.54) is 47.3 Å². The third kappa shape index (κ3) is 4.50. The molecule has 0 N–H and O–H groups in total. The Morgan fingerprint density at radius 2 is 1.27 bits per heavy atom. The highest BCUT2D eigenvalue weighted by molar-refractivity contribution is 7.17. The topological polar surface area (TPSA) is 52.8 Å². The van der Waals surface area contributed by atoms with E-state index in [2.05, 4.69) is 108 Å². The molecule has 0 bridgehead atoms. The van der Waals surface area contributed by atoms with Crippen molar-refractivity contribution < 1.29 is 4.74 Å². The molecule has 6 heteroatoms. The van der Waals surface area contributed by atoms with Crippen LogP contribution in [0.1, 0.15) is 18.2 Å². The zero-order chi connectivity index (χ0) is 33.5. The van der Waals surface area contributed by atoms with Crippen molar-refractivity contribution in [3.8, 4) is 51.1 Å². The third-order valence-electron chi connectivity index (χ3n) is 10.1. The van der Waals surface area contributed by atoms with Crippen molar-refractivity contribution in [2.75, 3.05) is 0 Å². The first kappa shape index (κ1) is 28.5. The lowest BCUT2D eigenvalue weighted by atomic mass is 9.96. The van der Waals surface area contributed by atoms with Gasteiger partial charge in [0.1, 0.15) is 5.82 Å². The predicted octanol–water partition coefficient (Wildman–Crippen LogP) is 10.0. The molecule has 51 heavy (non-hydrogen) atoms. The first-order chi connectivity index (χ1) is 25.2. The minimum atomic E-state index is 0.0307.